The number of halogens is 1. The summed E-state index contributed by atoms with van der Waals surface area (Å²) in [5.41, 5.74) is 2.17. The lowest BCUT2D eigenvalue weighted by molar-refractivity contribution is -0.122. The first kappa shape index (κ1) is 32.3. The zero-order valence-corrected chi connectivity index (χ0v) is 26.8. The summed E-state index contributed by atoms with van der Waals surface area (Å²) in [6.07, 6.45) is 0.401. The molecule has 2 fully saturated rings. The Bertz CT molecular complexity index is 1310. The van der Waals surface area contributed by atoms with Crippen molar-refractivity contribution in [2.45, 2.75) is 78.2 Å². The molecule has 3 aliphatic heterocycles. The molecular formula is C33H47FN6O4. The fraction of sp³-hybridized carbons (Fsp3) is 0.606. The molecular weight excluding hydrogens is 563 g/mol. The first-order valence-corrected chi connectivity index (χ1v) is 15.8. The summed E-state index contributed by atoms with van der Waals surface area (Å²) in [7, 11) is 0. The number of amides is 2. The molecule has 5 atom stereocenters. The Morgan fingerprint density at radius 2 is 1.77 bits per heavy atom. The van der Waals surface area contributed by atoms with E-state index in [1.807, 2.05) is 26.8 Å². The van der Waals surface area contributed by atoms with Crippen LogP contribution in [0, 0.1) is 11.7 Å². The Kier molecular flexibility index (Phi) is 10.2. The molecule has 3 aliphatic rings. The Hall–Kier alpha value is -3.12. The summed E-state index contributed by atoms with van der Waals surface area (Å²) >= 11 is 0. The quantitative estimate of drug-likeness (QED) is 0.470. The van der Waals surface area contributed by atoms with Crippen molar-refractivity contribution in [1.29, 1.82) is 0 Å². The van der Waals surface area contributed by atoms with Crippen molar-refractivity contribution in [3.8, 4) is 5.88 Å². The Morgan fingerprint density at radius 1 is 1.07 bits per heavy atom. The lowest BCUT2D eigenvalue weighted by Gasteiger charge is -2.46. The highest BCUT2D eigenvalue weighted by atomic mass is 19.1. The minimum Gasteiger partial charge on any atom is -0.474 e. The minimum atomic E-state index is -0.317. The number of carbonyl (C=O) groups excluding carboxylic acids is 2. The number of piperazine rings is 1. The highest BCUT2D eigenvalue weighted by Crippen LogP contribution is 2.37. The van der Waals surface area contributed by atoms with Gasteiger partial charge in [-0.15, -0.1) is 0 Å². The van der Waals surface area contributed by atoms with E-state index in [-0.39, 0.29) is 48.2 Å². The third-order valence-electron chi connectivity index (χ3n) is 8.89. The lowest BCUT2D eigenvalue weighted by Crippen LogP contribution is -2.63. The molecule has 0 radical (unpaired) electrons. The zero-order valence-electron chi connectivity index (χ0n) is 26.8. The van der Waals surface area contributed by atoms with Crippen LogP contribution in [0.3, 0.4) is 0 Å². The van der Waals surface area contributed by atoms with Gasteiger partial charge in [0.25, 0.3) is 0 Å². The molecule has 0 spiro atoms. The minimum absolute atomic E-state index is 0.0160. The molecule has 44 heavy (non-hydrogen) atoms. The second-order valence-corrected chi connectivity index (χ2v) is 13.0. The number of nitrogens with one attached hydrogen (secondary N) is 2. The Labute approximate surface area is 260 Å². The van der Waals surface area contributed by atoms with Crippen LogP contribution >= 0.6 is 0 Å². The number of aromatic nitrogens is 1. The van der Waals surface area contributed by atoms with Crippen LogP contribution < -0.4 is 20.3 Å². The highest BCUT2D eigenvalue weighted by Gasteiger charge is 2.37. The van der Waals surface area contributed by atoms with Crippen LogP contribution in [0.2, 0.25) is 0 Å². The van der Waals surface area contributed by atoms with Gasteiger partial charge in [-0.05, 0) is 51.5 Å². The van der Waals surface area contributed by atoms with Crippen LogP contribution in [0.15, 0.2) is 30.3 Å². The van der Waals surface area contributed by atoms with E-state index in [4.69, 9.17) is 14.5 Å². The van der Waals surface area contributed by atoms with Crippen LogP contribution in [0.4, 0.5) is 15.9 Å². The number of fused-ring (bicyclic) bond motifs is 1. The molecule has 11 heteroatoms. The standard InChI is InChI=1S/C33H47FN6O4/c1-20(2)32(42)36-31-26(11-25-7-9-27(34)10-8-25)12-29-33(37-31)44-19-24(6)40(29)30(41)16-38-14-21(3)35-13-28(38)15-39-22(4)17-43-18-23(39)5/h7-10,12,20-24,28,35H,11,13-19H2,1-6H3,(H,36,37,42)/t21-,22-,23-,24+,28-/m1/s1. The van der Waals surface area contributed by atoms with Gasteiger partial charge in [-0.3, -0.25) is 19.4 Å². The molecule has 2 amide bonds. The van der Waals surface area contributed by atoms with Gasteiger partial charge in [0.2, 0.25) is 17.7 Å². The monoisotopic (exact) mass is 610 g/mol. The van der Waals surface area contributed by atoms with Gasteiger partial charge in [0.05, 0.1) is 25.8 Å². The highest BCUT2D eigenvalue weighted by molar-refractivity contribution is 5.98. The summed E-state index contributed by atoms with van der Waals surface area (Å²) in [6.45, 7) is 16.6. The third-order valence-corrected chi connectivity index (χ3v) is 8.89. The molecule has 0 unspecified atom stereocenters. The molecule has 1 aromatic carbocycles. The average molecular weight is 611 g/mol. The fourth-order valence-corrected chi connectivity index (χ4v) is 6.32. The first-order chi connectivity index (χ1) is 21.0. The van der Waals surface area contributed by atoms with Gasteiger partial charge < -0.3 is 25.0 Å². The summed E-state index contributed by atoms with van der Waals surface area (Å²) in [4.78, 5) is 38.2. The first-order valence-electron chi connectivity index (χ1n) is 15.8. The third kappa shape index (κ3) is 7.39. The van der Waals surface area contributed by atoms with Crippen molar-refractivity contribution in [3.63, 3.8) is 0 Å². The van der Waals surface area contributed by atoms with E-state index in [1.54, 1.807) is 17.0 Å². The topological polar surface area (TPSA) is 99.3 Å². The summed E-state index contributed by atoms with van der Waals surface area (Å²) in [5, 5.41) is 6.54. The van der Waals surface area contributed by atoms with Crippen molar-refractivity contribution >= 4 is 23.3 Å². The van der Waals surface area contributed by atoms with Gasteiger partial charge in [-0.25, -0.2) is 4.39 Å². The van der Waals surface area contributed by atoms with Gasteiger partial charge in [-0.2, -0.15) is 4.98 Å². The van der Waals surface area contributed by atoms with E-state index in [1.165, 1.54) is 12.1 Å². The summed E-state index contributed by atoms with van der Waals surface area (Å²) in [5.74, 6) is -0.0421. The smallest absolute Gasteiger partial charge is 0.241 e. The molecule has 2 saturated heterocycles. The molecule has 2 aromatic rings. The van der Waals surface area contributed by atoms with Crippen molar-refractivity contribution < 1.29 is 23.5 Å². The van der Waals surface area contributed by atoms with Gasteiger partial charge in [0.1, 0.15) is 23.9 Å². The maximum absolute atomic E-state index is 14.2. The zero-order chi connectivity index (χ0) is 31.5. The normalized spacial score (nSPS) is 26.3. The van der Waals surface area contributed by atoms with Crippen LogP contribution in [-0.4, -0.2) is 103 Å². The molecule has 4 heterocycles. The van der Waals surface area contributed by atoms with E-state index in [9.17, 15) is 14.0 Å². The van der Waals surface area contributed by atoms with Gasteiger partial charge in [0, 0.05) is 61.7 Å². The fourth-order valence-electron chi connectivity index (χ4n) is 6.32. The second-order valence-electron chi connectivity index (χ2n) is 13.0. The van der Waals surface area contributed by atoms with Crippen LogP contribution in [0.5, 0.6) is 5.88 Å². The number of anilines is 2. The van der Waals surface area contributed by atoms with E-state index in [0.717, 1.165) is 44.0 Å². The number of hydrogen-bond donors (Lipinski definition) is 2. The van der Waals surface area contributed by atoms with Crippen molar-refractivity contribution in [3.05, 3.63) is 47.3 Å². The maximum Gasteiger partial charge on any atom is 0.241 e. The molecule has 2 N–H and O–H groups in total. The number of pyridine rings is 1. The number of ether oxygens (including phenoxy) is 2. The van der Waals surface area contributed by atoms with Crippen molar-refractivity contribution in [2.75, 3.05) is 56.2 Å². The second kappa shape index (κ2) is 13.9. The largest absolute Gasteiger partial charge is 0.474 e. The molecule has 240 valence electrons. The van der Waals surface area contributed by atoms with Gasteiger partial charge in [0.15, 0.2) is 0 Å². The molecule has 10 nitrogen and oxygen atoms in total. The molecule has 0 aliphatic carbocycles. The predicted octanol–water partition coefficient (Wildman–Crippen LogP) is 3.29. The number of benzene rings is 1. The number of carbonyl (C=O) groups is 2. The van der Waals surface area contributed by atoms with Crippen LogP contribution in [-0.2, 0) is 20.7 Å². The molecule has 0 bridgehead atoms. The SMILES string of the molecule is CC(C)C(=O)Nc1nc2c(cc1Cc1ccc(F)cc1)N(C(=O)CN1C[C@@H](C)NC[C@@H]1CN1[C@H](C)COC[C@H]1C)[C@@H](C)CO2. The summed E-state index contributed by atoms with van der Waals surface area (Å²) in [6, 6.07) is 9.03. The Morgan fingerprint density at radius 3 is 2.45 bits per heavy atom. The van der Waals surface area contributed by atoms with E-state index in [2.05, 4.69) is 41.2 Å². The van der Waals surface area contributed by atoms with Gasteiger partial charge in [-0.1, -0.05) is 26.0 Å². The summed E-state index contributed by atoms with van der Waals surface area (Å²) < 4.78 is 25.4. The van der Waals surface area contributed by atoms with Gasteiger partial charge >= 0.3 is 0 Å². The number of morpholine rings is 1. The number of rotatable bonds is 8. The van der Waals surface area contributed by atoms with Crippen LogP contribution in [0.25, 0.3) is 0 Å². The van der Waals surface area contributed by atoms with Crippen LogP contribution in [0.1, 0.15) is 52.7 Å². The average Bonchev–Trinajstić information content (AvgIpc) is 2.97. The maximum atomic E-state index is 14.2. The number of hydrogen-bond acceptors (Lipinski definition) is 8. The van der Waals surface area contributed by atoms with Crippen molar-refractivity contribution in [2.24, 2.45) is 5.92 Å². The van der Waals surface area contributed by atoms with Crippen molar-refractivity contribution in [1.82, 2.24) is 20.1 Å². The molecule has 5 rings (SSSR count). The van der Waals surface area contributed by atoms with E-state index < -0.39 is 0 Å². The Balaban J connectivity index is 1.42. The molecule has 0 saturated carbocycles. The van der Waals surface area contributed by atoms with E-state index in [0.29, 0.717) is 42.5 Å². The molecule has 1 aromatic heterocycles. The lowest BCUT2D eigenvalue weighted by atomic mass is 10.0. The predicted molar refractivity (Wildman–Crippen MR) is 169 cm³/mol. The van der Waals surface area contributed by atoms with E-state index >= 15 is 0 Å². The number of nitrogens with zero attached hydrogens (tertiary/aromatic N) is 4.